The first kappa shape index (κ1) is 92.3. The Morgan fingerprint density at radius 3 is 1.45 bits per heavy atom. The maximum Gasteiger partial charge on any atom is 0.490 e. The Hall–Kier alpha value is -9.70. The van der Waals surface area contributed by atoms with Crippen molar-refractivity contribution in [2.24, 2.45) is 33.8 Å². The standard InChI is InChI=1S/C46H70N14O7.5C2HF3O2/c1-31(61)53-45(67)37(29-40(48)62)56-44(66)36(15-19-52-46(49)50)54-35(12-8-18-47)43(65)51-20-24-58-27-25-57(26-28-58)21-7-6-9-32-16-22-59(23-17-32)30-41(63)60-38-13-4-2-10-33(38)42(64)55-34-11-3-5-14-39(34)60;5*3-2(4,5)1(6)7/h2-5,10-11,13-14,32,35-37,54H,6-9,12,15-30,47H2,1H3,(H2,48,62)(H,51,65)(H,55,64)(H,56,66)(H4,49,50,52)(H,53,61,67);5*(H,6,7)/t35-,36-,37-;;;;;/m0...../s1. The molecule has 0 saturated carbocycles. The number of halogens is 15. The molecule has 31 nitrogen and oxygen atoms in total. The number of aliphatic carboxylic acids is 5. The number of fused-ring (bicyclic) bond motifs is 2. The van der Waals surface area contributed by atoms with E-state index in [-0.39, 0.29) is 43.2 Å². The van der Waals surface area contributed by atoms with Crippen LogP contribution in [-0.4, -0.2) is 245 Å². The van der Waals surface area contributed by atoms with Gasteiger partial charge in [0.2, 0.25) is 35.4 Å². The van der Waals surface area contributed by atoms with Crippen molar-refractivity contribution in [1.82, 2.24) is 36.0 Å². The third-order valence-electron chi connectivity index (χ3n) is 13.6. The lowest BCUT2D eigenvalue weighted by Gasteiger charge is -2.35. The summed E-state index contributed by atoms with van der Waals surface area (Å²) in [4.78, 5) is 147. The molecule has 2 saturated heterocycles. The maximum absolute atomic E-state index is 13.9. The molecule has 0 unspecified atom stereocenters. The van der Waals surface area contributed by atoms with Crippen molar-refractivity contribution in [3.05, 3.63) is 54.1 Å². The molecule has 7 amide bonds. The van der Waals surface area contributed by atoms with E-state index in [1.54, 1.807) is 11.0 Å². The number of aliphatic imine (C=N–C) groups is 1. The Balaban J connectivity index is 0.00000237. The number of nitrogens with two attached hydrogens (primary N) is 4. The van der Waals surface area contributed by atoms with Gasteiger partial charge in [-0.3, -0.25) is 63.9 Å². The first-order chi connectivity index (χ1) is 46.9. The molecular weight excluding hydrogens is 1430 g/mol. The van der Waals surface area contributed by atoms with Crippen LogP contribution in [0.4, 0.5) is 82.9 Å². The molecule has 46 heteroatoms. The number of carbonyl (C=O) groups excluding carboxylic acids is 7. The minimum absolute atomic E-state index is 0.0199. The number of hydrogen-bond acceptors (Lipinski definition) is 18. The SMILES string of the molecule is CC(=O)NC(=O)[C@H](CC(N)=O)NC(=O)[C@H](CCN=C(N)N)N[C@@H](CCCN)C(=O)NCCN1CCN(CCCCC2CCN(CC(=O)N3c4ccccc4NC(=O)c4ccccc43)CC2)CC1.O=C(O)C(F)(F)F.O=C(O)C(F)(F)F.O=C(O)C(F)(F)F.O=C(O)C(F)(F)F.O=C(O)C(F)(F)F. The number of rotatable bonds is 24. The molecule has 2 aromatic rings. The minimum atomic E-state index is -5.08. The summed E-state index contributed by atoms with van der Waals surface area (Å²) in [6, 6.07) is 11.3. The molecule has 576 valence electrons. The van der Waals surface area contributed by atoms with Crippen molar-refractivity contribution in [3.63, 3.8) is 0 Å². The molecule has 102 heavy (non-hydrogen) atoms. The number of piperazine rings is 1. The van der Waals surface area contributed by atoms with E-state index in [1.807, 2.05) is 42.5 Å². The highest BCUT2D eigenvalue weighted by Gasteiger charge is 2.41. The van der Waals surface area contributed by atoms with E-state index in [9.17, 15) is 99.4 Å². The fourth-order valence-corrected chi connectivity index (χ4v) is 8.79. The molecule has 0 aliphatic carbocycles. The van der Waals surface area contributed by atoms with E-state index in [1.165, 1.54) is 6.42 Å². The van der Waals surface area contributed by atoms with E-state index in [0.29, 0.717) is 61.0 Å². The molecule has 18 N–H and O–H groups in total. The third kappa shape index (κ3) is 38.2. The number of carbonyl (C=O) groups is 12. The largest absolute Gasteiger partial charge is 0.490 e. The fraction of sp³-hybridized carbons (Fsp3) is 0.554. The highest BCUT2D eigenvalue weighted by molar-refractivity contribution is 6.18. The van der Waals surface area contributed by atoms with Gasteiger partial charge < -0.3 is 69.3 Å². The maximum atomic E-state index is 13.9. The van der Waals surface area contributed by atoms with Crippen LogP contribution >= 0.6 is 0 Å². The first-order valence-electron chi connectivity index (χ1n) is 29.6. The lowest BCUT2D eigenvalue weighted by Crippen LogP contribution is -2.58. The Morgan fingerprint density at radius 1 is 0.569 bits per heavy atom. The number of anilines is 3. The van der Waals surface area contributed by atoms with Crippen LogP contribution in [0.15, 0.2) is 53.5 Å². The van der Waals surface area contributed by atoms with Gasteiger partial charge in [-0.05, 0) is 94.9 Å². The van der Waals surface area contributed by atoms with Crippen molar-refractivity contribution < 1.29 is 149 Å². The van der Waals surface area contributed by atoms with Gasteiger partial charge in [-0.25, -0.2) is 24.0 Å². The normalized spacial score (nSPS) is 15.1. The van der Waals surface area contributed by atoms with E-state index < -0.39 is 109 Å². The molecule has 0 aromatic heterocycles. The molecule has 3 aliphatic heterocycles. The molecular formula is C56H75F15N14O17. The van der Waals surface area contributed by atoms with Crippen molar-refractivity contribution in [1.29, 1.82) is 0 Å². The average Bonchev–Trinajstić information content (AvgIpc) is 1.59. The van der Waals surface area contributed by atoms with Gasteiger partial charge in [0, 0.05) is 52.7 Å². The Bertz CT molecular complexity index is 3000. The smallest absolute Gasteiger partial charge is 0.475 e. The number of likely N-dealkylation sites (tertiary alicyclic amines) is 1. The number of benzene rings is 2. The number of guanidine groups is 1. The van der Waals surface area contributed by atoms with Gasteiger partial charge in [0.25, 0.3) is 5.91 Å². The summed E-state index contributed by atoms with van der Waals surface area (Å²) < 4.78 is 159. The molecule has 5 rings (SSSR count). The molecule has 0 radical (unpaired) electrons. The van der Waals surface area contributed by atoms with Gasteiger partial charge in [0.1, 0.15) is 6.04 Å². The number of piperidine rings is 1. The summed E-state index contributed by atoms with van der Waals surface area (Å²) in [5.41, 5.74) is 24.4. The van der Waals surface area contributed by atoms with Gasteiger partial charge in [0.05, 0.1) is 47.7 Å². The minimum Gasteiger partial charge on any atom is -0.475 e. The molecule has 3 atom stereocenters. The number of para-hydroxylation sites is 3. The molecule has 2 fully saturated rings. The summed E-state index contributed by atoms with van der Waals surface area (Å²) in [6.07, 6.45) is -19.6. The Kier molecular flexibility index (Phi) is 39.7. The van der Waals surface area contributed by atoms with Crippen LogP contribution in [-0.2, 0) is 52.7 Å². The molecule has 0 bridgehead atoms. The Morgan fingerprint density at radius 2 is 1.01 bits per heavy atom. The number of amides is 7. The number of primary amides is 1. The second-order valence-corrected chi connectivity index (χ2v) is 21.5. The fourth-order valence-electron chi connectivity index (χ4n) is 8.79. The van der Waals surface area contributed by atoms with Crippen molar-refractivity contribution in [2.45, 2.75) is 114 Å². The number of carboxylic acids is 5. The van der Waals surface area contributed by atoms with Crippen LogP contribution < -0.4 is 54.4 Å². The zero-order chi connectivity index (χ0) is 78.7. The van der Waals surface area contributed by atoms with Crippen LogP contribution in [0.25, 0.3) is 0 Å². The average molecular weight is 1500 g/mol. The van der Waals surface area contributed by atoms with Crippen LogP contribution in [0.5, 0.6) is 0 Å². The highest BCUT2D eigenvalue weighted by Crippen LogP contribution is 2.38. The molecule has 2 aromatic carbocycles. The molecule has 3 heterocycles. The number of hydrogen-bond donors (Lipinski definition) is 14. The van der Waals surface area contributed by atoms with Gasteiger partial charge in [0.15, 0.2) is 5.96 Å². The van der Waals surface area contributed by atoms with E-state index in [4.69, 9.17) is 72.4 Å². The lowest BCUT2D eigenvalue weighted by atomic mass is 9.91. The van der Waals surface area contributed by atoms with Crippen LogP contribution in [0.2, 0.25) is 0 Å². The predicted molar refractivity (Wildman–Crippen MR) is 324 cm³/mol. The summed E-state index contributed by atoms with van der Waals surface area (Å²) in [5, 5.41) is 49.2. The zero-order valence-corrected chi connectivity index (χ0v) is 53.6. The first-order valence-corrected chi connectivity index (χ1v) is 29.6. The number of alkyl halides is 15. The van der Waals surface area contributed by atoms with E-state index in [0.717, 1.165) is 78.4 Å². The van der Waals surface area contributed by atoms with Crippen molar-refractivity contribution in [3.8, 4) is 0 Å². The lowest BCUT2D eigenvalue weighted by molar-refractivity contribution is -0.193. The summed E-state index contributed by atoms with van der Waals surface area (Å²) in [5.74, 6) is -17.1. The van der Waals surface area contributed by atoms with E-state index >= 15 is 0 Å². The van der Waals surface area contributed by atoms with Gasteiger partial charge in [-0.1, -0.05) is 37.1 Å². The second kappa shape index (κ2) is 43.8. The number of nitrogens with one attached hydrogen (secondary N) is 5. The quantitative estimate of drug-likeness (QED) is 0.0311. The van der Waals surface area contributed by atoms with Gasteiger partial charge >= 0.3 is 60.7 Å². The number of imide groups is 1. The summed E-state index contributed by atoms with van der Waals surface area (Å²) in [6.45, 7) is 9.16. The van der Waals surface area contributed by atoms with Crippen LogP contribution in [0, 0.1) is 5.92 Å². The topological polar surface area (TPSA) is 496 Å². The third-order valence-corrected chi connectivity index (χ3v) is 13.6. The zero-order valence-electron chi connectivity index (χ0n) is 53.6. The molecule has 3 aliphatic rings. The van der Waals surface area contributed by atoms with Gasteiger partial charge in [-0.2, -0.15) is 65.9 Å². The summed E-state index contributed by atoms with van der Waals surface area (Å²) in [7, 11) is 0. The Labute approximate surface area is 568 Å². The number of nitrogens with zero attached hydrogens (tertiary/aromatic N) is 5. The monoisotopic (exact) mass is 1500 g/mol. The number of carboxylic acid groups (broad SMARTS) is 5. The summed E-state index contributed by atoms with van der Waals surface area (Å²) >= 11 is 0. The van der Waals surface area contributed by atoms with E-state index in [2.05, 4.69) is 46.3 Å². The van der Waals surface area contributed by atoms with Crippen molar-refractivity contribution >= 4 is 94.2 Å². The highest BCUT2D eigenvalue weighted by atomic mass is 19.4. The van der Waals surface area contributed by atoms with Crippen LogP contribution in [0.3, 0.4) is 0 Å². The molecule has 0 spiro atoms. The number of unbranched alkanes of at least 4 members (excludes halogenated alkanes) is 1. The van der Waals surface area contributed by atoms with Gasteiger partial charge in [-0.15, -0.1) is 0 Å². The van der Waals surface area contributed by atoms with Crippen molar-refractivity contribution in [2.75, 3.05) is 88.8 Å². The second-order valence-electron chi connectivity index (χ2n) is 21.5. The van der Waals surface area contributed by atoms with Crippen LogP contribution in [0.1, 0.15) is 75.1 Å². The predicted octanol–water partition coefficient (Wildman–Crippen LogP) is 2.45.